The molecule has 0 saturated carbocycles. The molecule has 8 nitrogen and oxygen atoms in total. The Labute approximate surface area is 205 Å². The predicted octanol–water partition coefficient (Wildman–Crippen LogP) is 5.41. The van der Waals surface area contributed by atoms with E-state index >= 15 is 0 Å². The number of anilines is 1. The van der Waals surface area contributed by atoms with Crippen LogP contribution in [-0.2, 0) is 14.3 Å². The molecule has 0 radical (unpaired) electrons. The maximum Gasteiger partial charge on any atom is 0.412 e. The van der Waals surface area contributed by atoms with Crippen molar-refractivity contribution >= 4 is 45.4 Å². The van der Waals surface area contributed by atoms with E-state index in [0.29, 0.717) is 35.2 Å². The minimum Gasteiger partial charge on any atom is -0.508 e. The van der Waals surface area contributed by atoms with Crippen molar-refractivity contribution in [2.75, 3.05) is 18.2 Å². The van der Waals surface area contributed by atoms with E-state index in [2.05, 4.69) is 21.2 Å². The van der Waals surface area contributed by atoms with Crippen molar-refractivity contribution in [2.24, 2.45) is 0 Å². The number of hydroxylamine groups is 1. The Morgan fingerprint density at radius 2 is 1.94 bits per heavy atom. The van der Waals surface area contributed by atoms with Crippen molar-refractivity contribution in [1.29, 1.82) is 0 Å². The number of phenols is 1. The van der Waals surface area contributed by atoms with E-state index in [0.717, 1.165) is 4.90 Å². The molecule has 0 aliphatic rings. The van der Waals surface area contributed by atoms with Gasteiger partial charge in [0.15, 0.2) is 6.10 Å². The Balaban J connectivity index is 2.24. The molecule has 33 heavy (non-hydrogen) atoms. The van der Waals surface area contributed by atoms with Crippen molar-refractivity contribution in [3.05, 3.63) is 64.7 Å². The molecule has 2 aromatic rings. The van der Waals surface area contributed by atoms with E-state index in [1.54, 1.807) is 42.1 Å². The van der Waals surface area contributed by atoms with E-state index in [1.165, 1.54) is 17.6 Å². The first-order valence-electron chi connectivity index (χ1n) is 10.2. The van der Waals surface area contributed by atoms with Crippen LogP contribution in [0.1, 0.15) is 31.4 Å². The number of rotatable bonds is 11. The van der Waals surface area contributed by atoms with Crippen LogP contribution in [0.3, 0.4) is 0 Å². The highest BCUT2D eigenvalue weighted by Crippen LogP contribution is 2.35. The third-order valence-corrected chi connectivity index (χ3v) is 5.82. The zero-order chi connectivity index (χ0) is 24.2. The second kappa shape index (κ2) is 13.9. The normalized spacial score (nSPS) is 12.8. The van der Waals surface area contributed by atoms with Gasteiger partial charge in [0.05, 0.1) is 6.10 Å². The van der Waals surface area contributed by atoms with E-state index < -0.39 is 24.2 Å². The summed E-state index contributed by atoms with van der Waals surface area (Å²) in [5.41, 5.74) is 2.48. The Morgan fingerprint density at radius 3 is 2.58 bits per heavy atom. The molecule has 4 N–H and O–H groups in total. The molecule has 0 aromatic heterocycles. The van der Waals surface area contributed by atoms with Crippen LogP contribution in [0.15, 0.2) is 64.0 Å². The van der Waals surface area contributed by atoms with Crippen molar-refractivity contribution in [1.82, 2.24) is 5.48 Å². The Kier molecular flexibility index (Phi) is 11.2. The third kappa shape index (κ3) is 8.73. The number of halogens is 1. The summed E-state index contributed by atoms with van der Waals surface area (Å²) in [6, 6.07) is 12.2. The first kappa shape index (κ1) is 26.7. The molecule has 0 fully saturated rings. The number of carbonyl (C=O) groups is 2. The van der Waals surface area contributed by atoms with E-state index in [9.17, 15) is 14.7 Å². The number of ether oxygens (including phenoxy) is 2. The molecule has 0 saturated heterocycles. The minimum atomic E-state index is -0.923. The van der Waals surface area contributed by atoms with Crippen LogP contribution < -0.4 is 10.8 Å². The molecule has 2 atom stereocenters. The molecule has 0 spiro atoms. The summed E-state index contributed by atoms with van der Waals surface area (Å²) in [7, 11) is 0. The summed E-state index contributed by atoms with van der Waals surface area (Å²) in [5.74, 6) is -0.688. The summed E-state index contributed by atoms with van der Waals surface area (Å²) in [5, 5.41) is 21.8. The summed E-state index contributed by atoms with van der Waals surface area (Å²) in [6.07, 6.45) is 3.29. The summed E-state index contributed by atoms with van der Waals surface area (Å²) < 4.78 is 12.3. The number of amides is 2. The average molecular weight is 539 g/mol. The topological polar surface area (TPSA) is 117 Å². The van der Waals surface area contributed by atoms with Gasteiger partial charge in [0, 0.05) is 33.3 Å². The second-order valence-electron chi connectivity index (χ2n) is 6.83. The monoisotopic (exact) mass is 538 g/mol. The lowest BCUT2D eigenvalue weighted by Crippen LogP contribution is -2.29. The van der Waals surface area contributed by atoms with Crippen LogP contribution in [0, 0.1) is 0 Å². The molecule has 0 bridgehead atoms. The third-order valence-electron chi connectivity index (χ3n) is 4.58. The summed E-state index contributed by atoms with van der Waals surface area (Å²) >= 11 is 4.98. The Hall–Kier alpha value is -2.53. The van der Waals surface area contributed by atoms with E-state index in [1.807, 2.05) is 25.3 Å². The lowest BCUT2D eigenvalue weighted by Gasteiger charge is -2.28. The second-order valence-corrected chi connectivity index (χ2v) is 8.63. The van der Waals surface area contributed by atoms with Crippen molar-refractivity contribution < 1.29 is 29.4 Å². The smallest absolute Gasteiger partial charge is 0.412 e. The maximum absolute atomic E-state index is 12.7. The molecule has 0 unspecified atom stereocenters. The molecule has 178 valence electrons. The van der Waals surface area contributed by atoms with Gasteiger partial charge in [-0.2, -0.15) is 0 Å². The minimum absolute atomic E-state index is 0.0415. The highest BCUT2D eigenvalue weighted by atomic mass is 79.9. The molecule has 0 aliphatic heterocycles. The van der Waals surface area contributed by atoms with Crippen molar-refractivity contribution in [3.63, 3.8) is 0 Å². The van der Waals surface area contributed by atoms with Crippen LogP contribution in [-0.4, -0.2) is 41.3 Å². The van der Waals surface area contributed by atoms with Gasteiger partial charge >= 0.3 is 6.09 Å². The van der Waals surface area contributed by atoms with E-state index in [-0.39, 0.29) is 5.75 Å². The number of carbonyl (C=O) groups excluding carboxylic acids is 2. The van der Waals surface area contributed by atoms with Gasteiger partial charge in [0.1, 0.15) is 5.75 Å². The molecule has 2 amide bonds. The number of thioether (sulfide) groups is 1. The fourth-order valence-corrected chi connectivity index (χ4v) is 3.84. The van der Waals surface area contributed by atoms with Gasteiger partial charge in [-0.1, -0.05) is 22.0 Å². The van der Waals surface area contributed by atoms with Crippen LogP contribution in [0.4, 0.5) is 10.5 Å². The quantitative estimate of drug-likeness (QED) is 0.131. The zero-order valence-electron chi connectivity index (χ0n) is 18.3. The average Bonchev–Trinajstić information content (AvgIpc) is 2.81. The molecule has 0 heterocycles. The largest absolute Gasteiger partial charge is 0.508 e. The fraction of sp³-hybridized carbons (Fsp3) is 0.304. The number of hydrogen-bond donors (Lipinski definition) is 4. The van der Waals surface area contributed by atoms with Crippen LogP contribution in [0.5, 0.6) is 5.75 Å². The summed E-state index contributed by atoms with van der Waals surface area (Å²) in [4.78, 5) is 25.0. The predicted molar refractivity (Wildman–Crippen MR) is 131 cm³/mol. The zero-order valence-corrected chi connectivity index (χ0v) is 20.7. The van der Waals surface area contributed by atoms with Gasteiger partial charge in [0.25, 0.3) is 5.91 Å². The first-order chi connectivity index (χ1) is 15.9. The summed E-state index contributed by atoms with van der Waals surface area (Å²) in [6.45, 7) is 2.16. The standard InChI is InChI=1S/C23H27BrN2O6S/c1-3-31-20(6-4-5-7-21(28)26-30)22(18-14-15(24)8-13-19(18)27)32-23(29)25-16-9-11-17(33-2)12-10-16/h5,7-14,20,22,27,30H,3-4,6H2,1-2H3,(H,25,29)(H,26,28)/b7-5+/t20-,22-/m1/s1. The maximum atomic E-state index is 12.7. The number of aromatic hydroxyl groups is 1. The Morgan fingerprint density at radius 1 is 1.21 bits per heavy atom. The Bertz CT molecular complexity index is 954. The number of phenolic OH excluding ortho intramolecular Hbond substituents is 1. The molecule has 2 aromatic carbocycles. The fourth-order valence-electron chi connectivity index (χ4n) is 3.05. The number of nitrogens with one attached hydrogen (secondary N) is 2. The lowest BCUT2D eigenvalue weighted by atomic mass is 9.99. The molecular weight excluding hydrogens is 512 g/mol. The highest BCUT2D eigenvalue weighted by molar-refractivity contribution is 9.10. The van der Waals surface area contributed by atoms with Crippen LogP contribution >= 0.6 is 27.7 Å². The first-order valence-corrected chi connectivity index (χ1v) is 12.2. The van der Waals surface area contributed by atoms with Gasteiger partial charge in [-0.15, -0.1) is 11.8 Å². The highest BCUT2D eigenvalue weighted by Gasteiger charge is 2.30. The van der Waals surface area contributed by atoms with Gasteiger partial charge in [0.2, 0.25) is 0 Å². The van der Waals surface area contributed by atoms with E-state index in [4.69, 9.17) is 14.7 Å². The number of allylic oxidation sites excluding steroid dienone is 1. The van der Waals surface area contributed by atoms with Crippen molar-refractivity contribution in [3.8, 4) is 5.75 Å². The van der Waals surface area contributed by atoms with Crippen molar-refractivity contribution in [2.45, 2.75) is 36.9 Å². The van der Waals surface area contributed by atoms with Crippen LogP contribution in [0.25, 0.3) is 0 Å². The van der Waals surface area contributed by atoms with Gasteiger partial charge in [-0.25, -0.2) is 10.3 Å². The molecule has 10 heteroatoms. The number of hydrogen-bond acceptors (Lipinski definition) is 7. The lowest BCUT2D eigenvalue weighted by molar-refractivity contribution is -0.124. The van der Waals surface area contributed by atoms with Crippen LogP contribution in [0.2, 0.25) is 0 Å². The SMILES string of the molecule is CCO[C@H](CC/C=C/C(=O)NO)[C@H](OC(=O)Nc1ccc(SC)cc1)c1cc(Br)ccc1O. The molecule has 2 rings (SSSR count). The number of benzene rings is 2. The molecular formula is C23H27BrN2O6S. The molecule has 0 aliphatic carbocycles. The van der Waals surface area contributed by atoms with Gasteiger partial charge < -0.3 is 14.6 Å². The van der Waals surface area contributed by atoms with Gasteiger partial charge in [-0.3, -0.25) is 15.3 Å². The van der Waals surface area contributed by atoms with Gasteiger partial charge in [-0.05, 0) is 68.5 Å².